The second kappa shape index (κ2) is 6.22. The van der Waals surface area contributed by atoms with Gasteiger partial charge in [-0.1, -0.05) is 29.8 Å². The molecule has 0 saturated carbocycles. The number of hydrogen-bond donors (Lipinski definition) is 3. The van der Waals surface area contributed by atoms with Gasteiger partial charge in [0.2, 0.25) is 5.91 Å². The van der Waals surface area contributed by atoms with Crippen LogP contribution in [0.5, 0.6) is 0 Å². The number of aliphatic hydroxyl groups excluding tert-OH is 1. The molecular weight excluding hydrogens is 248 g/mol. The number of thioether (sulfide) groups is 1. The first-order valence-corrected chi connectivity index (χ1v) is 7.16. The summed E-state index contributed by atoms with van der Waals surface area (Å²) < 4.78 is 0. The standard InChI is InChI=1S/C13H18N2O2S/c1-9-2-4-10(5-3-9)12(16)6-14-13(17)11-7-18-8-15-11/h2-5,11-12,15-16H,6-8H2,1H3,(H,14,17). The van der Waals surface area contributed by atoms with E-state index in [1.165, 1.54) is 0 Å². The highest BCUT2D eigenvalue weighted by atomic mass is 32.2. The lowest BCUT2D eigenvalue weighted by Gasteiger charge is -2.15. The molecule has 2 atom stereocenters. The monoisotopic (exact) mass is 266 g/mol. The fourth-order valence-corrected chi connectivity index (χ4v) is 2.73. The van der Waals surface area contributed by atoms with Crippen molar-refractivity contribution in [2.75, 3.05) is 18.2 Å². The van der Waals surface area contributed by atoms with Crippen LogP contribution in [0.4, 0.5) is 0 Å². The van der Waals surface area contributed by atoms with Gasteiger partial charge in [-0.15, -0.1) is 11.8 Å². The summed E-state index contributed by atoms with van der Waals surface area (Å²) in [4.78, 5) is 11.7. The first kappa shape index (κ1) is 13.4. The molecule has 1 aromatic carbocycles. The lowest BCUT2D eigenvalue weighted by atomic mass is 10.1. The van der Waals surface area contributed by atoms with E-state index in [0.29, 0.717) is 0 Å². The zero-order valence-corrected chi connectivity index (χ0v) is 11.2. The summed E-state index contributed by atoms with van der Waals surface area (Å²) in [5.41, 5.74) is 1.98. The summed E-state index contributed by atoms with van der Waals surface area (Å²) in [5.74, 6) is 1.58. The van der Waals surface area contributed by atoms with Gasteiger partial charge in [-0.2, -0.15) is 0 Å². The van der Waals surface area contributed by atoms with Crippen molar-refractivity contribution >= 4 is 17.7 Å². The molecule has 5 heteroatoms. The summed E-state index contributed by atoms with van der Waals surface area (Å²) in [6.45, 7) is 2.26. The van der Waals surface area contributed by atoms with Gasteiger partial charge in [0.25, 0.3) is 0 Å². The Hall–Kier alpha value is -1.04. The maximum atomic E-state index is 11.7. The lowest BCUT2D eigenvalue weighted by Crippen LogP contribution is -2.43. The minimum atomic E-state index is -0.649. The largest absolute Gasteiger partial charge is 0.387 e. The fraction of sp³-hybridized carbons (Fsp3) is 0.462. The van der Waals surface area contributed by atoms with Crippen molar-refractivity contribution in [1.82, 2.24) is 10.6 Å². The first-order chi connectivity index (χ1) is 8.66. The van der Waals surface area contributed by atoms with E-state index in [1.54, 1.807) is 11.8 Å². The molecule has 2 rings (SSSR count). The summed E-state index contributed by atoms with van der Waals surface area (Å²) in [5, 5.41) is 15.8. The van der Waals surface area contributed by atoms with Crippen LogP contribution in [0, 0.1) is 6.92 Å². The molecule has 0 spiro atoms. The predicted octanol–water partition coefficient (Wildman–Crippen LogP) is 0.807. The molecule has 1 heterocycles. The van der Waals surface area contributed by atoms with Gasteiger partial charge in [-0.25, -0.2) is 0 Å². The van der Waals surface area contributed by atoms with Crippen LogP contribution in [0.3, 0.4) is 0 Å². The third-order valence-corrected chi connectivity index (χ3v) is 3.90. The smallest absolute Gasteiger partial charge is 0.238 e. The minimum absolute atomic E-state index is 0.0360. The Morgan fingerprint density at radius 3 is 2.89 bits per heavy atom. The molecule has 4 nitrogen and oxygen atoms in total. The van der Waals surface area contributed by atoms with Crippen molar-refractivity contribution < 1.29 is 9.90 Å². The van der Waals surface area contributed by atoms with Crippen molar-refractivity contribution in [1.29, 1.82) is 0 Å². The van der Waals surface area contributed by atoms with E-state index >= 15 is 0 Å². The number of carbonyl (C=O) groups is 1. The number of amides is 1. The average Bonchev–Trinajstić information content (AvgIpc) is 2.90. The van der Waals surface area contributed by atoms with E-state index < -0.39 is 6.10 Å². The molecule has 0 radical (unpaired) electrons. The highest BCUT2D eigenvalue weighted by molar-refractivity contribution is 7.99. The lowest BCUT2D eigenvalue weighted by molar-refractivity contribution is -0.122. The number of benzene rings is 1. The Morgan fingerprint density at radius 1 is 1.56 bits per heavy atom. The predicted molar refractivity (Wildman–Crippen MR) is 73.4 cm³/mol. The molecule has 0 bridgehead atoms. The normalized spacial score (nSPS) is 20.7. The highest BCUT2D eigenvalue weighted by Gasteiger charge is 2.22. The van der Waals surface area contributed by atoms with Gasteiger partial charge in [0, 0.05) is 18.2 Å². The third kappa shape index (κ3) is 3.48. The van der Waals surface area contributed by atoms with Crippen LogP contribution in [0.2, 0.25) is 0 Å². The van der Waals surface area contributed by atoms with E-state index in [4.69, 9.17) is 0 Å². The molecule has 1 amide bonds. The van der Waals surface area contributed by atoms with E-state index in [-0.39, 0.29) is 18.5 Å². The Morgan fingerprint density at radius 2 is 2.28 bits per heavy atom. The molecule has 0 aromatic heterocycles. The molecule has 1 aliphatic rings. The average molecular weight is 266 g/mol. The summed E-state index contributed by atoms with van der Waals surface area (Å²) in [6, 6.07) is 7.55. The first-order valence-electron chi connectivity index (χ1n) is 6.00. The van der Waals surface area contributed by atoms with Crippen LogP contribution < -0.4 is 10.6 Å². The van der Waals surface area contributed by atoms with Gasteiger partial charge in [-0.3, -0.25) is 10.1 Å². The van der Waals surface area contributed by atoms with Crippen molar-refractivity contribution in [2.24, 2.45) is 0 Å². The Labute approximate surface area is 111 Å². The Balaban J connectivity index is 1.82. The highest BCUT2D eigenvalue weighted by Crippen LogP contribution is 2.13. The van der Waals surface area contributed by atoms with Gasteiger partial charge in [0.15, 0.2) is 0 Å². The second-order valence-electron chi connectivity index (χ2n) is 4.44. The number of hydrogen-bond acceptors (Lipinski definition) is 4. The van der Waals surface area contributed by atoms with Crippen LogP contribution in [0.15, 0.2) is 24.3 Å². The molecule has 98 valence electrons. The van der Waals surface area contributed by atoms with Gasteiger partial charge in [-0.05, 0) is 12.5 Å². The van der Waals surface area contributed by atoms with Gasteiger partial charge < -0.3 is 10.4 Å². The van der Waals surface area contributed by atoms with E-state index in [0.717, 1.165) is 22.8 Å². The maximum absolute atomic E-state index is 11.7. The molecule has 1 aliphatic heterocycles. The Bertz CT molecular complexity index is 402. The maximum Gasteiger partial charge on any atom is 0.238 e. The molecule has 2 unspecified atom stereocenters. The fourth-order valence-electron chi connectivity index (χ4n) is 1.79. The molecule has 1 aromatic rings. The zero-order chi connectivity index (χ0) is 13.0. The summed E-state index contributed by atoms with van der Waals surface area (Å²) in [6.07, 6.45) is -0.649. The summed E-state index contributed by atoms with van der Waals surface area (Å²) >= 11 is 1.71. The number of aliphatic hydroxyl groups is 1. The van der Waals surface area contributed by atoms with Crippen molar-refractivity contribution in [3.05, 3.63) is 35.4 Å². The Kier molecular flexibility index (Phi) is 4.63. The van der Waals surface area contributed by atoms with Gasteiger partial charge in [0.05, 0.1) is 12.1 Å². The van der Waals surface area contributed by atoms with Crippen molar-refractivity contribution in [3.8, 4) is 0 Å². The van der Waals surface area contributed by atoms with Crippen LogP contribution >= 0.6 is 11.8 Å². The quantitative estimate of drug-likeness (QED) is 0.754. The number of rotatable bonds is 4. The third-order valence-electron chi connectivity index (χ3n) is 2.96. The molecule has 3 N–H and O–H groups in total. The van der Waals surface area contributed by atoms with E-state index in [2.05, 4.69) is 10.6 Å². The SMILES string of the molecule is Cc1ccc(C(O)CNC(=O)C2CSCN2)cc1. The molecular formula is C13H18N2O2S. The van der Waals surface area contributed by atoms with Crippen LogP contribution in [0.1, 0.15) is 17.2 Å². The molecule has 1 saturated heterocycles. The summed E-state index contributed by atoms with van der Waals surface area (Å²) in [7, 11) is 0. The van der Waals surface area contributed by atoms with Crippen LogP contribution in [-0.4, -0.2) is 35.2 Å². The van der Waals surface area contributed by atoms with Gasteiger partial charge in [0.1, 0.15) is 0 Å². The van der Waals surface area contributed by atoms with Crippen LogP contribution in [-0.2, 0) is 4.79 Å². The molecule has 18 heavy (non-hydrogen) atoms. The van der Waals surface area contributed by atoms with Crippen LogP contribution in [0.25, 0.3) is 0 Å². The minimum Gasteiger partial charge on any atom is -0.387 e. The van der Waals surface area contributed by atoms with E-state index in [1.807, 2.05) is 31.2 Å². The zero-order valence-electron chi connectivity index (χ0n) is 10.3. The van der Waals surface area contributed by atoms with Gasteiger partial charge >= 0.3 is 0 Å². The molecule has 0 aliphatic carbocycles. The molecule has 1 fully saturated rings. The second-order valence-corrected chi connectivity index (χ2v) is 5.47. The number of aryl methyl sites for hydroxylation is 1. The number of nitrogens with one attached hydrogen (secondary N) is 2. The van der Waals surface area contributed by atoms with Crippen molar-refractivity contribution in [2.45, 2.75) is 19.1 Å². The van der Waals surface area contributed by atoms with Crippen molar-refractivity contribution in [3.63, 3.8) is 0 Å². The number of carbonyl (C=O) groups excluding carboxylic acids is 1. The topological polar surface area (TPSA) is 61.4 Å². The van der Waals surface area contributed by atoms with E-state index in [9.17, 15) is 9.90 Å².